The topological polar surface area (TPSA) is 105 Å². The first-order valence-electron chi connectivity index (χ1n) is 12.1. The molecule has 3 atom stereocenters. The lowest BCUT2D eigenvalue weighted by atomic mass is 9.86. The van der Waals surface area contributed by atoms with E-state index < -0.39 is 11.8 Å². The van der Waals surface area contributed by atoms with E-state index in [1.165, 1.54) is 6.07 Å². The Hall–Kier alpha value is -3.23. The quantitative estimate of drug-likeness (QED) is 0.428. The van der Waals surface area contributed by atoms with Crippen LogP contribution in [0.25, 0.3) is 27.9 Å². The zero-order valence-corrected chi connectivity index (χ0v) is 19.4. The second kappa shape index (κ2) is 10.2. The Balaban J connectivity index is 1.26. The molecule has 0 bridgehead atoms. The molecule has 0 unspecified atom stereocenters. The van der Waals surface area contributed by atoms with Gasteiger partial charge in [0.15, 0.2) is 11.7 Å². The van der Waals surface area contributed by atoms with Crippen LogP contribution in [-0.2, 0) is 9.53 Å². The van der Waals surface area contributed by atoms with Crippen LogP contribution in [0.5, 0.6) is 5.88 Å². The Morgan fingerprint density at radius 2 is 2.03 bits per heavy atom. The minimum atomic E-state index is -0.745. The van der Waals surface area contributed by atoms with Gasteiger partial charge in [0.1, 0.15) is 5.69 Å². The number of aliphatic hydroxyl groups is 1. The van der Waals surface area contributed by atoms with Crippen molar-refractivity contribution in [1.82, 2.24) is 9.97 Å². The molecule has 8 heteroatoms. The van der Waals surface area contributed by atoms with Gasteiger partial charge >= 0.3 is 5.97 Å². The van der Waals surface area contributed by atoms with E-state index in [1.54, 1.807) is 6.07 Å². The lowest BCUT2D eigenvalue weighted by molar-refractivity contribution is -0.141. The molecule has 1 aromatic carbocycles. The average molecular weight is 481 g/mol. The van der Waals surface area contributed by atoms with Crippen LogP contribution < -0.4 is 4.74 Å². The van der Waals surface area contributed by atoms with Gasteiger partial charge < -0.3 is 24.7 Å². The number of aliphatic hydroxyl groups excluding tert-OH is 1. The molecule has 2 aliphatic rings. The van der Waals surface area contributed by atoms with Gasteiger partial charge in [-0.1, -0.05) is 30.3 Å². The molecule has 3 N–H and O–H groups in total. The summed E-state index contributed by atoms with van der Waals surface area (Å²) in [5, 5.41) is 18.3. The number of fused-ring (bicyclic) bond motifs is 1. The molecule has 184 valence electrons. The first-order chi connectivity index (χ1) is 17.0. The second-order valence-corrected chi connectivity index (χ2v) is 9.38. The Kier molecular flexibility index (Phi) is 6.83. The number of hydrogen-bond donors (Lipinski definition) is 3. The van der Waals surface area contributed by atoms with Gasteiger partial charge in [0.05, 0.1) is 42.9 Å². The fourth-order valence-electron chi connectivity index (χ4n) is 4.89. The molecule has 7 nitrogen and oxygen atoms in total. The van der Waals surface area contributed by atoms with Crippen molar-refractivity contribution in [3.63, 3.8) is 0 Å². The number of ether oxygens (including phenoxy) is 2. The Bertz CT molecular complexity index is 1240. The molecule has 0 saturated carbocycles. The first kappa shape index (κ1) is 23.5. The van der Waals surface area contributed by atoms with Gasteiger partial charge in [0.25, 0.3) is 0 Å². The number of carboxylic acid groups (broad SMARTS) is 1. The van der Waals surface area contributed by atoms with Gasteiger partial charge in [-0.15, -0.1) is 0 Å². The number of allylic oxidation sites excluding steroid dienone is 2. The number of halogens is 1. The molecule has 1 saturated heterocycles. The molecule has 1 aliphatic heterocycles. The lowest BCUT2D eigenvalue weighted by Gasteiger charge is -2.19. The Morgan fingerprint density at radius 1 is 1.23 bits per heavy atom. The third-order valence-electron chi connectivity index (χ3n) is 6.97. The molecule has 0 spiro atoms. The number of carboxylic acids is 1. The van der Waals surface area contributed by atoms with Crippen LogP contribution in [0.3, 0.4) is 0 Å². The zero-order valence-electron chi connectivity index (χ0n) is 19.4. The number of carbonyl (C=O) groups is 1. The average Bonchev–Trinajstić information content (AvgIpc) is 3.50. The van der Waals surface area contributed by atoms with Crippen LogP contribution in [0.4, 0.5) is 4.39 Å². The number of pyridine rings is 1. The van der Waals surface area contributed by atoms with Gasteiger partial charge in [-0.3, -0.25) is 4.79 Å². The molecular formula is C27H29FN2O5. The van der Waals surface area contributed by atoms with Crippen LogP contribution >= 0.6 is 0 Å². The van der Waals surface area contributed by atoms with Crippen molar-refractivity contribution < 1.29 is 28.9 Å². The molecule has 0 amide bonds. The highest BCUT2D eigenvalue weighted by Gasteiger charge is 2.25. The molecule has 1 aliphatic carbocycles. The van der Waals surface area contributed by atoms with E-state index in [2.05, 4.69) is 9.97 Å². The number of rotatable bonds is 8. The van der Waals surface area contributed by atoms with Crippen molar-refractivity contribution in [2.45, 2.75) is 38.2 Å². The lowest BCUT2D eigenvalue weighted by Crippen LogP contribution is -2.15. The van der Waals surface area contributed by atoms with Crippen LogP contribution in [0, 0.1) is 17.7 Å². The molecule has 0 radical (unpaired) electrons. The van der Waals surface area contributed by atoms with Crippen molar-refractivity contribution in [1.29, 1.82) is 0 Å². The summed E-state index contributed by atoms with van der Waals surface area (Å²) in [6.07, 6.45) is 5.46. The van der Waals surface area contributed by atoms with Crippen molar-refractivity contribution >= 4 is 22.6 Å². The number of H-pyrrole nitrogens is 1. The maximum absolute atomic E-state index is 14.9. The molecule has 2 aromatic heterocycles. The summed E-state index contributed by atoms with van der Waals surface area (Å²) < 4.78 is 26.2. The van der Waals surface area contributed by atoms with Crippen molar-refractivity contribution in [2.75, 3.05) is 19.8 Å². The fraction of sp³-hybridized carbons (Fsp3) is 0.407. The van der Waals surface area contributed by atoms with Gasteiger partial charge in [-0.05, 0) is 49.2 Å². The van der Waals surface area contributed by atoms with Crippen molar-refractivity contribution in [2.24, 2.45) is 11.8 Å². The summed E-state index contributed by atoms with van der Waals surface area (Å²) in [5.74, 6) is -0.567. The summed E-state index contributed by atoms with van der Waals surface area (Å²) in [7, 11) is 0. The summed E-state index contributed by atoms with van der Waals surface area (Å²) >= 11 is 0. The number of benzene rings is 1. The van der Waals surface area contributed by atoms with Crippen LogP contribution in [-0.4, -0.2) is 52.1 Å². The van der Waals surface area contributed by atoms with Crippen LogP contribution in [0.15, 0.2) is 42.5 Å². The molecule has 1 fully saturated rings. The predicted molar refractivity (Wildman–Crippen MR) is 129 cm³/mol. The summed E-state index contributed by atoms with van der Waals surface area (Å²) in [5.41, 5.74) is 4.30. The Labute approximate surface area is 202 Å². The van der Waals surface area contributed by atoms with E-state index in [1.807, 2.05) is 30.3 Å². The minimum absolute atomic E-state index is 0.0484. The third-order valence-corrected chi connectivity index (χ3v) is 6.97. The second-order valence-electron chi connectivity index (χ2n) is 9.38. The van der Waals surface area contributed by atoms with Crippen molar-refractivity contribution in [3.05, 3.63) is 53.9 Å². The highest BCUT2D eigenvalue weighted by atomic mass is 19.1. The number of aromatic amines is 1. The first-order valence-corrected chi connectivity index (χ1v) is 12.1. The van der Waals surface area contributed by atoms with E-state index >= 15 is 0 Å². The summed E-state index contributed by atoms with van der Waals surface area (Å²) in [6.45, 7) is 1.18. The zero-order chi connectivity index (χ0) is 24.4. The Morgan fingerprint density at radius 3 is 2.71 bits per heavy atom. The van der Waals surface area contributed by atoms with Crippen LogP contribution in [0.2, 0.25) is 0 Å². The summed E-state index contributed by atoms with van der Waals surface area (Å²) in [4.78, 5) is 18.8. The molecular weight excluding hydrogens is 451 g/mol. The summed E-state index contributed by atoms with van der Waals surface area (Å²) in [6, 6.07) is 10.8. The maximum atomic E-state index is 14.9. The minimum Gasteiger partial charge on any atom is -0.481 e. The number of aromatic nitrogens is 2. The van der Waals surface area contributed by atoms with Gasteiger partial charge in [-0.25, -0.2) is 9.37 Å². The highest BCUT2D eigenvalue weighted by Crippen LogP contribution is 2.32. The van der Waals surface area contributed by atoms with Crippen LogP contribution in [0.1, 0.15) is 37.7 Å². The fourth-order valence-corrected chi connectivity index (χ4v) is 4.89. The number of nitrogens with one attached hydrogen (secondary N) is 1. The molecule has 35 heavy (non-hydrogen) atoms. The standard InChI is InChI=1S/C27H29FN2O5/c28-22-12-23-24(13-25(29-23)34-10-9-16-11-21(14-31)35-15-16)30-26(22)19-5-1-17(2-6-19)18-3-7-20(8-4-18)27(32)33/h1-3,5-6,12-13,16,20-21,29,31H,4,7-11,14-15H2,(H,32,33)/t16-,20+,21-/m0/s1. The van der Waals surface area contributed by atoms with E-state index in [0.29, 0.717) is 54.5 Å². The number of aliphatic carboxylic acids is 1. The van der Waals surface area contributed by atoms with Crippen molar-refractivity contribution in [3.8, 4) is 17.1 Å². The number of nitrogens with zero attached hydrogens (tertiary/aromatic N) is 1. The van der Waals surface area contributed by atoms with Gasteiger partial charge in [-0.2, -0.15) is 0 Å². The number of hydrogen-bond acceptors (Lipinski definition) is 5. The monoisotopic (exact) mass is 480 g/mol. The van der Waals surface area contributed by atoms with Gasteiger partial charge in [0, 0.05) is 17.7 Å². The van der Waals surface area contributed by atoms with E-state index in [4.69, 9.17) is 9.47 Å². The molecule has 3 aromatic rings. The van der Waals surface area contributed by atoms with E-state index in [9.17, 15) is 19.4 Å². The molecule has 5 rings (SSSR count). The van der Waals surface area contributed by atoms with Gasteiger partial charge in [0.2, 0.25) is 0 Å². The largest absolute Gasteiger partial charge is 0.481 e. The highest BCUT2D eigenvalue weighted by molar-refractivity contribution is 5.81. The third kappa shape index (κ3) is 5.23. The SMILES string of the molecule is O=C(O)[C@@H]1CC=C(c2ccc(-c3nc4cc(OCC[C@@H]5CO[C@H](CO)C5)[nH]c4cc3F)cc2)CC1. The normalized spacial score (nSPS) is 22.3. The molecule has 3 heterocycles. The maximum Gasteiger partial charge on any atom is 0.306 e. The van der Waals surface area contributed by atoms with E-state index in [-0.39, 0.29) is 24.3 Å². The smallest absolute Gasteiger partial charge is 0.306 e. The predicted octanol–water partition coefficient (Wildman–Crippen LogP) is 4.80. The van der Waals surface area contributed by atoms with E-state index in [0.717, 1.165) is 30.4 Å².